The quantitative estimate of drug-likeness (QED) is 0.570. The second-order valence-corrected chi connectivity index (χ2v) is 11.6. The number of benzene rings is 2. The number of rotatable bonds is 6. The Balaban J connectivity index is 1.28. The third-order valence-electron chi connectivity index (χ3n) is 6.45. The van der Waals surface area contributed by atoms with Crippen LogP contribution < -0.4 is 14.8 Å². The number of ether oxygens (including phenoxy) is 2. The van der Waals surface area contributed by atoms with E-state index in [0.29, 0.717) is 54.4 Å². The third-order valence-corrected chi connectivity index (χ3v) is 8.68. The van der Waals surface area contributed by atoms with Gasteiger partial charge in [-0.15, -0.1) is 0 Å². The molecule has 186 valence electrons. The van der Waals surface area contributed by atoms with E-state index in [2.05, 4.69) is 5.32 Å². The molecular weight excluding hydrogens is 513 g/mol. The zero-order chi connectivity index (χ0) is 24.7. The highest BCUT2D eigenvalue weighted by Crippen LogP contribution is 2.36. The number of carbonyl (C=O) groups excluding carboxylic acids is 1. The molecule has 0 radical (unpaired) electrons. The van der Waals surface area contributed by atoms with Crippen LogP contribution in [0.3, 0.4) is 0 Å². The minimum absolute atomic E-state index is 0.0478. The van der Waals surface area contributed by atoms with Gasteiger partial charge in [0.2, 0.25) is 15.9 Å². The van der Waals surface area contributed by atoms with Crippen LogP contribution in [0.1, 0.15) is 11.5 Å². The maximum atomic E-state index is 13.4. The molecule has 5 rings (SSSR count). The largest absolute Gasteiger partial charge is 0.486 e. The van der Waals surface area contributed by atoms with Gasteiger partial charge in [-0.3, -0.25) is 4.79 Å². The van der Waals surface area contributed by atoms with Crippen LogP contribution in [0, 0.1) is 0 Å². The molecule has 3 aliphatic heterocycles. The van der Waals surface area contributed by atoms with Crippen LogP contribution in [0.2, 0.25) is 10.0 Å². The van der Waals surface area contributed by atoms with Crippen molar-refractivity contribution in [2.24, 2.45) is 0 Å². The van der Waals surface area contributed by atoms with E-state index < -0.39 is 15.9 Å². The average molecular weight is 538 g/mol. The molecule has 2 aromatic carbocycles. The number of carbonyl (C=O) groups is 1. The highest BCUT2D eigenvalue weighted by atomic mass is 35.5. The monoisotopic (exact) mass is 537 g/mol. The third kappa shape index (κ3) is 4.75. The molecule has 3 heterocycles. The van der Waals surface area contributed by atoms with Gasteiger partial charge in [0.15, 0.2) is 11.5 Å². The molecule has 0 unspecified atom stereocenters. The molecule has 0 aliphatic carbocycles. The second kappa shape index (κ2) is 9.63. The van der Waals surface area contributed by atoms with Gasteiger partial charge < -0.3 is 19.7 Å². The van der Waals surface area contributed by atoms with Gasteiger partial charge in [0.1, 0.15) is 13.2 Å². The fraction of sp³-hybridized carbons (Fsp3) is 0.375. The molecule has 35 heavy (non-hydrogen) atoms. The van der Waals surface area contributed by atoms with Crippen molar-refractivity contribution in [3.8, 4) is 11.5 Å². The summed E-state index contributed by atoms with van der Waals surface area (Å²) in [5.74, 6) is 0.483. The minimum atomic E-state index is -3.72. The Morgan fingerprint density at radius 1 is 0.971 bits per heavy atom. The molecule has 1 atom stereocenters. The first-order valence-corrected chi connectivity index (χ1v) is 13.4. The molecule has 0 fully saturated rings. The van der Waals surface area contributed by atoms with Crippen molar-refractivity contribution in [2.45, 2.75) is 10.8 Å². The molecule has 1 amide bonds. The number of sulfonamides is 1. The van der Waals surface area contributed by atoms with Crippen LogP contribution in [0.25, 0.3) is 0 Å². The Labute approximate surface area is 214 Å². The van der Waals surface area contributed by atoms with Crippen LogP contribution in [-0.2, 0) is 14.8 Å². The lowest BCUT2D eigenvalue weighted by Crippen LogP contribution is -2.40. The number of hydrogen-bond acceptors (Lipinski definition) is 6. The van der Waals surface area contributed by atoms with E-state index in [1.165, 1.54) is 10.4 Å². The minimum Gasteiger partial charge on any atom is -0.486 e. The lowest BCUT2D eigenvalue weighted by atomic mass is 9.97. The zero-order valence-electron chi connectivity index (χ0n) is 19.1. The Hall–Kier alpha value is -2.30. The van der Waals surface area contributed by atoms with E-state index in [1.807, 2.05) is 0 Å². The van der Waals surface area contributed by atoms with Gasteiger partial charge in [0, 0.05) is 48.8 Å². The van der Waals surface area contributed by atoms with Crippen LogP contribution in [0.15, 0.2) is 52.4 Å². The molecule has 0 saturated carbocycles. The summed E-state index contributed by atoms with van der Waals surface area (Å²) in [6.07, 6.45) is 0. The fourth-order valence-electron chi connectivity index (χ4n) is 4.75. The topological polar surface area (TPSA) is 88.2 Å². The summed E-state index contributed by atoms with van der Waals surface area (Å²) in [7, 11) is -1.93. The first-order chi connectivity index (χ1) is 16.8. The normalized spacial score (nSPS) is 18.7. The number of halogens is 2. The van der Waals surface area contributed by atoms with Gasteiger partial charge in [-0.25, -0.2) is 8.42 Å². The number of amides is 1. The van der Waals surface area contributed by atoms with Gasteiger partial charge in [-0.05, 0) is 54.1 Å². The molecule has 0 aromatic heterocycles. The van der Waals surface area contributed by atoms with E-state index in [-0.39, 0.29) is 23.9 Å². The number of hydrogen-bond donors (Lipinski definition) is 1. The number of nitrogens with zero attached hydrogens (tertiary/aromatic N) is 2. The highest BCUT2D eigenvalue weighted by molar-refractivity contribution is 7.89. The van der Waals surface area contributed by atoms with Gasteiger partial charge >= 0.3 is 0 Å². The first-order valence-electron chi connectivity index (χ1n) is 11.2. The van der Waals surface area contributed by atoms with Gasteiger partial charge in [0.25, 0.3) is 0 Å². The van der Waals surface area contributed by atoms with Crippen molar-refractivity contribution in [2.75, 3.05) is 53.0 Å². The van der Waals surface area contributed by atoms with E-state index in [0.717, 1.165) is 16.7 Å². The Morgan fingerprint density at radius 2 is 1.60 bits per heavy atom. The van der Waals surface area contributed by atoms with E-state index in [9.17, 15) is 13.2 Å². The predicted octanol–water partition coefficient (Wildman–Crippen LogP) is 2.91. The van der Waals surface area contributed by atoms with Gasteiger partial charge in [-0.2, -0.15) is 4.31 Å². The molecule has 0 bridgehead atoms. The van der Waals surface area contributed by atoms with Crippen LogP contribution in [0.4, 0.5) is 0 Å². The molecule has 8 nitrogen and oxygen atoms in total. The number of likely N-dealkylation sites (N-methyl/N-ethyl adjacent to an activating group) is 1. The molecule has 0 spiro atoms. The lowest BCUT2D eigenvalue weighted by molar-refractivity contribution is -0.131. The Morgan fingerprint density at radius 3 is 2.23 bits per heavy atom. The van der Waals surface area contributed by atoms with Crippen LogP contribution in [-0.4, -0.2) is 76.5 Å². The van der Waals surface area contributed by atoms with Crippen molar-refractivity contribution < 1.29 is 22.7 Å². The van der Waals surface area contributed by atoms with Crippen molar-refractivity contribution in [3.05, 3.63) is 63.2 Å². The number of nitrogens with one attached hydrogen (secondary N) is 1. The zero-order valence-corrected chi connectivity index (χ0v) is 21.4. The molecule has 3 aliphatic rings. The summed E-state index contributed by atoms with van der Waals surface area (Å²) in [4.78, 5) is 15.4. The van der Waals surface area contributed by atoms with Crippen molar-refractivity contribution in [3.63, 3.8) is 0 Å². The summed E-state index contributed by atoms with van der Waals surface area (Å²) in [6.45, 7) is 2.57. The van der Waals surface area contributed by atoms with Crippen molar-refractivity contribution in [1.82, 2.24) is 14.5 Å². The van der Waals surface area contributed by atoms with Gasteiger partial charge in [0.05, 0.1) is 10.8 Å². The summed E-state index contributed by atoms with van der Waals surface area (Å²) in [5, 5.41) is 4.02. The maximum absolute atomic E-state index is 13.4. The SMILES string of the molecule is CNC[C@@H](C(=O)N1CC2=C(C1)CN(S(=O)(=O)c1ccc3c(c1)OCCO3)C2)c1cc(Cl)cc(Cl)c1. The summed E-state index contributed by atoms with van der Waals surface area (Å²) < 4.78 is 39.1. The van der Waals surface area contributed by atoms with Crippen LogP contribution in [0.5, 0.6) is 11.5 Å². The van der Waals surface area contributed by atoms with Crippen molar-refractivity contribution >= 4 is 39.1 Å². The predicted molar refractivity (Wildman–Crippen MR) is 133 cm³/mol. The highest BCUT2D eigenvalue weighted by Gasteiger charge is 2.39. The molecule has 0 saturated heterocycles. The Bertz CT molecular complexity index is 1280. The fourth-order valence-corrected chi connectivity index (χ4v) is 6.74. The standard InChI is InChI=1S/C24H25Cl2N3O5S/c1-27-10-21(15-6-18(25)8-19(26)7-15)24(30)28-11-16-13-29(14-17(16)12-28)35(31,32)20-2-3-22-23(9-20)34-5-4-33-22/h2-3,6-9,21,27H,4-5,10-14H2,1H3/t21-/m1/s1. The first kappa shape index (κ1) is 24.4. The summed E-state index contributed by atoms with van der Waals surface area (Å²) >= 11 is 12.3. The molecule has 2 aromatic rings. The smallest absolute Gasteiger partial charge is 0.243 e. The second-order valence-electron chi connectivity index (χ2n) is 8.79. The molecular formula is C24H25Cl2N3O5S. The maximum Gasteiger partial charge on any atom is 0.243 e. The Kier molecular flexibility index (Phi) is 6.71. The lowest BCUT2D eigenvalue weighted by Gasteiger charge is -2.27. The average Bonchev–Trinajstić information content (AvgIpc) is 3.41. The van der Waals surface area contributed by atoms with Crippen molar-refractivity contribution in [1.29, 1.82) is 0 Å². The van der Waals surface area contributed by atoms with Crippen LogP contribution >= 0.6 is 23.2 Å². The van der Waals surface area contributed by atoms with E-state index >= 15 is 0 Å². The molecule has 11 heteroatoms. The molecule has 1 N–H and O–H groups in total. The summed E-state index contributed by atoms with van der Waals surface area (Å²) in [5.41, 5.74) is 2.68. The summed E-state index contributed by atoms with van der Waals surface area (Å²) in [6, 6.07) is 9.83. The van der Waals surface area contributed by atoms with E-state index in [1.54, 1.807) is 42.3 Å². The van der Waals surface area contributed by atoms with E-state index in [4.69, 9.17) is 32.7 Å². The number of fused-ring (bicyclic) bond motifs is 1. The van der Waals surface area contributed by atoms with Gasteiger partial charge in [-0.1, -0.05) is 23.2 Å².